The maximum Gasteiger partial charge on any atom is 0.258 e. The van der Waals surface area contributed by atoms with Gasteiger partial charge in [0.05, 0.1) is 11.8 Å². The zero-order valence-electron chi connectivity index (χ0n) is 13.3. The molecule has 1 heterocycles. The van der Waals surface area contributed by atoms with E-state index in [-0.39, 0.29) is 11.3 Å². The maximum atomic E-state index is 13.1. The summed E-state index contributed by atoms with van der Waals surface area (Å²) in [6, 6.07) is 9.56. The number of anilines is 1. The smallest absolute Gasteiger partial charge is 0.258 e. The number of amides is 1. The lowest BCUT2D eigenvalue weighted by molar-refractivity contribution is 0.0983. The van der Waals surface area contributed by atoms with Gasteiger partial charge < -0.3 is 4.90 Å². The van der Waals surface area contributed by atoms with Crippen molar-refractivity contribution in [3.8, 4) is 0 Å². The summed E-state index contributed by atoms with van der Waals surface area (Å²) < 4.78 is 36.7. The number of carbonyl (C=O) groups excluding carboxylic acids is 1. The Morgan fingerprint density at radius 3 is 2.44 bits per heavy atom. The fraction of sp³-hybridized carbons (Fsp3) is 0.167. The van der Waals surface area contributed by atoms with Crippen LogP contribution < -0.4 is 4.90 Å². The van der Waals surface area contributed by atoms with Gasteiger partial charge in [-0.25, -0.2) is 12.8 Å². The minimum atomic E-state index is -3.36. The van der Waals surface area contributed by atoms with Gasteiger partial charge in [0.15, 0.2) is 9.84 Å². The zero-order chi connectivity index (χ0) is 18.2. The molecule has 1 atom stereocenters. The second-order valence-corrected chi connectivity index (χ2v) is 8.18. The van der Waals surface area contributed by atoms with Crippen molar-refractivity contribution in [1.29, 1.82) is 0 Å². The standard InChI is InChI=1S/C18H15ClFNO3S/c1-12-2-7-15(10-17(12)19)21(16-8-9-25(23,24)11-16)18(22)13-3-5-14(20)6-4-13/h2-10,16H,11H2,1H3/t16-/m0/s1. The fourth-order valence-electron chi connectivity index (χ4n) is 2.64. The summed E-state index contributed by atoms with van der Waals surface area (Å²) in [6.07, 6.45) is 1.48. The van der Waals surface area contributed by atoms with Crippen molar-refractivity contribution in [2.45, 2.75) is 13.0 Å². The fourth-order valence-corrected chi connectivity index (χ4v) is 4.09. The van der Waals surface area contributed by atoms with Crippen molar-refractivity contribution >= 4 is 33.0 Å². The molecule has 2 aromatic rings. The highest BCUT2D eigenvalue weighted by Crippen LogP contribution is 2.29. The molecule has 4 nitrogen and oxygen atoms in total. The number of hydrogen-bond donors (Lipinski definition) is 0. The highest BCUT2D eigenvalue weighted by atomic mass is 35.5. The van der Waals surface area contributed by atoms with E-state index < -0.39 is 27.6 Å². The van der Waals surface area contributed by atoms with Gasteiger partial charge in [-0.15, -0.1) is 0 Å². The van der Waals surface area contributed by atoms with Crippen LogP contribution in [0.15, 0.2) is 53.9 Å². The molecule has 25 heavy (non-hydrogen) atoms. The van der Waals surface area contributed by atoms with Crippen LogP contribution in [0.1, 0.15) is 15.9 Å². The highest BCUT2D eigenvalue weighted by Gasteiger charge is 2.32. The normalized spacial score (nSPS) is 18.3. The number of benzene rings is 2. The molecule has 7 heteroatoms. The number of hydrogen-bond acceptors (Lipinski definition) is 3. The van der Waals surface area contributed by atoms with Gasteiger partial charge in [0.25, 0.3) is 5.91 Å². The summed E-state index contributed by atoms with van der Waals surface area (Å²) in [4.78, 5) is 14.4. The maximum absolute atomic E-state index is 13.1. The van der Waals surface area contributed by atoms with E-state index in [1.807, 2.05) is 6.92 Å². The van der Waals surface area contributed by atoms with Crippen molar-refractivity contribution in [1.82, 2.24) is 0 Å². The average Bonchev–Trinajstić information content (AvgIpc) is 2.91. The molecular weight excluding hydrogens is 365 g/mol. The lowest BCUT2D eigenvalue weighted by Gasteiger charge is -2.28. The van der Waals surface area contributed by atoms with E-state index >= 15 is 0 Å². The number of sulfone groups is 1. The van der Waals surface area contributed by atoms with Crippen LogP contribution in [0.4, 0.5) is 10.1 Å². The Hall–Kier alpha value is -2.18. The molecule has 1 amide bonds. The van der Waals surface area contributed by atoms with E-state index in [1.54, 1.807) is 18.2 Å². The van der Waals surface area contributed by atoms with Gasteiger partial charge in [0.2, 0.25) is 0 Å². The monoisotopic (exact) mass is 379 g/mol. The molecule has 0 spiro atoms. The minimum absolute atomic E-state index is 0.203. The molecule has 0 saturated heterocycles. The van der Waals surface area contributed by atoms with Gasteiger partial charge in [-0.1, -0.05) is 17.7 Å². The molecule has 0 aromatic heterocycles. The number of rotatable bonds is 3. The van der Waals surface area contributed by atoms with E-state index in [1.165, 1.54) is 35.2 Å². The first-order valence-electron chi connectivity index (χ1n) is 7.53. The molecule has 0 fully saturated rings. The molecule has 0 N–H and O–H groups in total. The van der Waals surface area contributed by atoms with Crippen LogP contribution in [0, 0.1) is 12.7 Å². The van der Waals surface area contributed by atoms with Crippen LogP contribution in [0.5, 0.6) is 0 Å². The minimum Gasteiger partial charge on any atom is -0.300 e. The first-order valence-corrected chi connectivity index (χ1v) is 9.62. The number of aryl methyl sites for hydroxylation is 1. The second kappa shape index (κ2) is 6.61. The first-order chi connectivity index (χ1) is 11.8. The van der Waals surface area contributed by atoms with Gasteiger partial charge in [-0.2, -0.15) is 0 Å². The average molecular weight is 380 g/mol. The number of nitrogens with zero attached hydrogens (tertiary/aromatic N) is 1. The Morgan fingerprint density at radius 1 is 1.20 bits per heavy atom. The molecule has 0 saturated carbocycles. The molecule has 0 bridgehead atoms. The molecule has 0 radical (unpaired) electrons. The Morgan fingerprint density at radius 2 is 1.88 bits per heavy atom. The van der Waals surface area contributed by atoms with Gasteiger partial charge in [-0.3, -0.25) is 4.79 Å². The molecule has 0 aliphatic carbocycles. The van der Waals surface area contributed by atoms with Crippen molar-refractivity contribution in [3.63, 3.8) is 0 Å². The predicted octanol–water partition coefficient (Wildman–Crippen LogP) is 3.75. The lowest BCUT2D eigenvalue weighted by Crippen LogP contribution is -2.41. The Kier molecular flexibility index (Phi) is 4.67. The molecule has 1 aliphatic rings. The predicted molar refractivity (Wildman–Crippen MR) is 96.1 cm³/mol. The van der Waals surface area contributed by atoms with E-state index in [4.69, 9.17) is 11.6 Å². The summed E-state index contributed by atoms with van der Waals surface area (Å²) >= 11 is 6.17. The van der Waals surface area contributed by atoms with Crippen molar-refractivity contribution in [3.05, 3.63) is 75.9 Å². The summed E-state index contributed by atoms with van der Waals surface area (Å²) in [7, 11) is -3.36. The van der Waals surface area contributed by atoms with Crippen molar-refractivity contribution in [2.24, 2.45) is 0 Å². The van der Waals surface area contributed by atoms with Crippen LogP contribution in [0.25, 0.3) is 0 Å². The summed E-state index contributed by atoms with van der Waals surface area (Å²) in [5, 5.41) is 1.58. The largest absolute Gasteiger partial charge is 0.300 e. The van der Waals surface area contributed by atoms with Crippen LogP contribution >= 0.6 is 11.6 Å². The lowest BCUT2D eigenvalue weighted by atomic mass is 10.1. The third kappa shape index (κ3) is 3.75. The van der Waals surface area contributed by atoms with Crippen LogP contribution in [0.2, 0.25) is 5.02 Å². The van der Waals surface area contributed by atoms with Gasteiger partial charge >= 0.3 is 0 Å². The Bertz CT molecular complexity index is 955. The van der Waals surface area contributed by atoms with E-state index in [0.29, 0.717) is 10.7 Å². The number of carbonyl (C=O) groups is 1. The summed E-state index contributed by atoms with van der Waals surface area (Å²) in [6.45, 7) is 1.83. The summed E-state index contributed by atoms with van der Waals surface area (Å²) in [5.41, 5.74) is 1.58. The topological polar surface area (TPSA) is 54.5 Å². The van der Waals surface area contributed by atoms with E-state index in [2.05, 4.69) is 0 Å². The Balaban J connectivity index is 2.05. The molecule has 0 unspecified atom stereocenters. The zero-order valence-corrected chi connectivity index (χ0v) is 14.9. The second-order valence-electron chi connectivity index (χ2n) is 5.84. The van der Waals surface area contributed by atoms with E-state index in [9.17, 15) is 17.6 Å². The van der Waals surface area contributed by atoms with Gasteiger partial charge in [0, 0.05) is 21.7 Å². The third-order valence-corrected chi connectivity index (χ3v) is 5.77. The third-order valence-electron chi connectivity index (χ3n) is 3.99. The molecule has 1 aliphatic heterocycles. The summed E-state index contributed by atoms with van der Waals surface area (Å²) in [5.74, 6) is -1.08. The molecular formula is C18H15ClFNO3S. The molecule has 130 valence electrons. The van der Waals surface area contributed by atoms with E-state index in [0.717, 1.165) is 11.0 Å². The molecule has 2 aromatic carbocycles. The van der Waals surface area contributed by atoms with Gasteiger partial charge in [0.1, 0.15) is 5.82 Å². The van der Waals surface area contributed by atoms with Crippen molar-refractivity contribution < 1.29 is 17.6 Å². The SMILES string of the molecule is Cc1ccc(N(C(=O)c2ccc(F)cc2)[C@H]2C=CS(=O)(=O)C2)cc1Cl. The number of halogens is 2. The van der Waals surface area contributed by atoms with Crippen LogP contribution in [-0.2, 0) is 9.84 Å². The highest BCUT2D eigenvalue weighted by molar-refractivity contribution is 7.94. The molecule has 3 rings (SSSR count). The van der Waals surface area contributed by atoms with Crippen LogP contribution in [0.3, 0.4) is 0 Å². The first kappa shape index (κ1) is 17.6. The Labute approximate surface area is 150 Å². The van der Waals surface area contributed by atoms with Crippen molar-refractivity contribution in [2.75, 3.05) is 10.7 Å². The quantitative estimate of drug-likeness (QED) is 0.816. The van der Waals surface area contributed by atoms with Gasteiger partial charge in [-0.05, 0) is 55.0 Å². The van der Waals surface area contributed by atoms with Crippen LogP contribution in [-0.4, -0.2) is 26.1 Å².